The summed E-state index contributed by atoms with van der Waals surface area (Å²) in [5.41, 5.74) is 23.1. The van der Waals surface area contributed by atoms with Gasteiger partial charge in [-0.3, -0.25) is 9.13 Å². The Kier molecular flexibility index (Phi) is 18.1. The van der Waals surface area contributed by atoms with Crippen LogP contribution in [-0.4, -0.2) is 50.0 Å². The van der Waals surface area contributed by atoms with Gasteiger partial charge in [0.1, 0.15) is 17.5 Å². The topological polar surface area (TPSA) is 60.3 Å². The van der Waals surface area contributed by atoms with Crippen molar-refractivity contribution in [3.05, 3.63) is 491 Å². The first-order chi connectivity index (χ1) is 64.6. The van der Waals surface area contributed by atoms with Crippen molar-refractivity contribution < 1.29 is 0 Å². The van der Waals surface area contributed by atoms with Crippen LogP contribution in [0.4, 0.5) is 0 Å². The molecule has 0 aliphatic rings. The summed E-state index contributed by atoms with van der Waals surface area (Å²) in [7, 11) is -2.59. The summed E-state index contributed by atoms with van der Waals surface area (Å²) >= 11 is 0. The molecule has 610 valence electrons. The molecule has 0 saturated heterocycles. The lowest BCUT2D eigenvalue weighted by molar-refractivity contribution is 0.988. The summed E-state index contributed by atoms with van der Waals surface area (Å²) < 4.78 is 16.4. The Labute approximate surface area is 750 Å². The van der Waals surface area contributed by atoms with Gasteiger partial charge in [0.2, 0.25) is 0 Å². The van der Waals surface area contributed by atoms with Gasteiger partial charge in [0, 0.05) is 98.6 Å². The molecule has 9 nitrogen and oxygen atoms in total. The highest BCUT2D eigenvalue weighted by atomic mass is 28.3. The normalized spacial score (nSPS) is 11.8. The van der Waals surface area contributed by atoms with E-state index < -0.39 is 8.07 Å². The molecule has 0 unspecified atom stereocenters. The highest BCUT2D eigenvalue weighted by Crippen LogP contribution is 2.43. The Balaban J connectivity index is 0.000000106. The van der Waals surface area contributed by atoms with Crippen LogP contribution in [-0.2, 0) is 0 Å². The van der Waals surface area contributed by atoms with Crippen molar-refractivity contribution in [2.45, 2.75) is 0 Å². The predicted molar refractivity (Wildman–Crippen MR) is 547 cm³/mol. The van der Waals surface area contributed by atoms with E-state index in [-0.39, 0.29) is 0 Å². The summed E-state index contributed by atoms with van der Waals surface area (Å²) in [4.78, 5) is 10.5. The van der Waals surface area contributed by atoms with Crippen LogP contribution in [0.15, 0.2) is 491 Å². The fourth-order valence-corrected chi connectivity index (χ4v) is 25.7. The van der Waals surface area contributed by atoms with E-state index in [1.54, 1.807) is 0 Å². The van der Waals surface area contributed by atoms with Crippen LogP contribution in [0.2, 0.25) is 0 Å². The minimum Gasteiger partial charge on any atom is -0.309 e. The van der Waals surface area contributed by atoms with Gasteiger partial charge in [-0.2, -0.15) is 0 Å². The molecule has 0 saturated carbocycles. The quantitative estimate of drug-likeness (QED) is 0.0904. The number of hydrogen-bond donors (Lipinski definition) is 0. The number of pyridine rings is 1. The first-order valence-electron chi connectivity index (χ1n) is 44.4. The standard InChI is InChI=1S/C42H27N5.C42H27N3.C36H27NSi/c1-6-20-35-30(15-1)31-16-2-7-21-36(31)45(35)29-14-11-13-28(27-29)42-43-34-19-5-10-24-39(34)47(42)41-26-12-25-40(44-41)46-37-22-8-3-17-32(37)33-18-4-9-23-38(33)46;1-2-12-28(13-3-1)43-39-20-10-6-16-33(39)35-27-30(22-24-41(35)43)45-40-21-11-7-17-34(40)36-26-29(23-25-42(36)45)44-37-18-8-4-14-31(37)32-15-5-9-19-38(32)44;1-4-16-29(17-5-1)38(30-18-6-2-7-19-30,31-20-8-3-9-21-31)32-22-14-15-28(27-32)37-35-25-12-10-23-33(35)34-24-11-13-26-36(34)37/h1-27H;1-27H;1-27H. The van der Waals surface area contributed by atoms with Gasteiger partial charge < -0.3 is 22.8 Å². The lowest BCUT2D eigenvalue weighted by Crippen LogP contribution is -2.74. The molecular weight excluding hydrogens is 1600 g/mol. The van der Waals surface area contributed by atoms with Crippen LogP contribution in [0.5, 0.6) is 0 Å². The molecule has 0 bridgehead atoms. The van der Waals surface area contributed by atoms with Crippen LogP contribution >= 0.6 is 0 Å². The van der Waals surface area contributed by atoms with Crippen LogP contribution in [0.25, 0.3) is 193 Å². The van der Waals surface area contributed by atoms with Gasteiger partial charge in [0.25, 0.3) is 0 Å². The van der Waals surface area contributed by atoms with Crippen molar-refractivity contribution in [1.82, 2.24) is 41.9 Å². The Hall–Kier alpha value is -17.2. The molecule has 0 aliphatic heterocycles. The number of fused-ring (bicyclic) bond motifs is 19. The molecule has 130 heavy (non-hydrogen) atoms. The third-order valence-electron chi connectivity index (χ3n) is 26.4. The van der Waals surface area contributed by atoms with Crippen LogP contribution < -0.4 is 20.7 Å². The van der Waals surface area contributed by atoms with E-state index >= 15 is 0 Å². The van der Waals surface area contributed by atoms with Crippen LogP contribution in [0, 0.1) is 0 Å². The zero-order valence-corrected chi connectivity index (χ0v) is 71.8. The molecule has 27 rings (SSSR count). The first kappa shape index (κ1) is 75.4. The Bertz CT molecular complexity index is 8770. The van der Waals surface area contributed by atoms with Gasteiger partial charge in [0.15, 0.2) is 8.07 Å². The molecule has 0 radical (unpaired) electrons. The predicted octanol–water partition coefficient (Wildman–Crippen LogP) is 27.4. The van der Waals surface area contributed by atoms with Gasteiger partial charge in [-0.15, -0.1) is 0 Å². The largest absolute Gasteiger partial charge is 0.309 e. The molecule has 19 aromatic carbocycles. The van der Waals surface area contributed by atoms with Crippen molar-refractivity contribution in [3.63, 3.8) is 0 Å². The molecule has 0 fully saturated rings. The zero-order valence-electron chi connectivity index (χ0n) is 70.8. The maximum absolute atomic E-state index is 5.33. The fraction of sp³-hybridized carbons (Fsp3) is 0. The summed E-state index contributed by atoms with van der Waals surface area (Å²) in [5.74, 6) is 2.53. The SMILES string of the molecule is c1cc(-c2nc3ccccc3n2-c2cccc(-n3c4ccccc4c4ccccc43)n2)cc(-n2c3ccccc3c3ccccc32)c1.c1ccc(-n2c3ccccc3c3cc(-n4c5ccccc5c5cc(-n6c7ccccc7c7ccccc76)ccc54)ccc32)cc1.c1ccc([Si](c2ccccc2)(c2ccccc2)c2cccc(-n3c4ccccc4c4ccccc43)c2)cc1. The minimum absolute atomic E-state index is 0.815. The summed E-state index contributed by atoms with van der Waals surface area (Å²) in [6, 6.07) is 177. The molecule has 0 N–H and O–H groups in total. The molecule has 27 aromatic rings. The second kappa shape index (κ2) is 31.2. The van der Waals surface area contributed by atoms with Crippen molar-refractivity contribution in [2.75, 3.05) is 0 Å². The zero-order chi connectivity index (χ0) is 85.7. The van der Waals surface area contributed by atoms with E-state index in [0.29, 0.717) is 0 Å². The number of aromatic nitrogens is 9. The molecule has 0 amide bonds. The highest BCUT2D eigenvalue weighted by molar-refractivity contribution is 7.20. The number of hydrogen-bond acceptors (Lipinski definition) is 2. The lowest BCUT2D eigenvalue weighted by atomic mass is 10.1. The number of rotatable bonds is 12. The van der Waals surface area contributed by atoms with Crippen molar-refractivity contribution >= 4 is 171 Å². The number of imidazole rings is 1. The number of nitrogens with zero attached hydrogens (tertiary/aromatic N) is 9. The van der Waals surface area contributed by atoms with Gasteiger partial charge >= 0.3 is 0 Å². The van der Waals surface area contributed by atoms with Crippen LogP contribution in [0.1, 0.15) is 0 Å². The minimum atomic E-state index is -2.59. The van der Waals surface area contributed by atoms with Crippen molar-refractivity contribution in [2.24, 2.45) is 0 Å². The van der Waals surface area contributed by atoms with Crippen molar-refractivity contribution in [3.8, 4) is 51.5 Å². The first-order valence-corrected chi connectivity index (χ1v) is 46.4. The maximum Gasteiger partial charge on any atom is 0.179 e. The molecule has 10 heteroatoms. The van der Waals surface area contributed by atoms with Gasteiger partial charge in [-0.25, -0.2) is 9.97 Å². The van der Waals surface area contributed by atoms with E-state index in [0.717, 1.165) is 56.5 Å². The third-order valence-corrected chi connectivity index (χ3v) is 31.2. The molecule has 0 atom stereocenters. The second-order valence-corrected chi connectivity index (χ2v) is 37.3. The number of benzene rings is 19. The molecule has 8 heterocycles. The van der Waals surface area contributed by atoms with E-state index in [2.05, 4.69) is 517 Å². The maximum atomic E-state index is 5.33. The third kappa shape index (κ3) is 12.1. The van der Waals surface area contributed by atoms with Gasteiger partial charge in [-0.1, -0.05) is 334 Å². The van der Waals surface area contributed by atoms with E-state index in [4.69, 9.17) is 9.97 Å². The highest BCUT2D eigenvalue weighted by Gasteiger charge is 2.42. The van der Waals surface area contributed by atoms with Gasteiger partial charge in [0.05, 0.1) is 77.2 Å². The van der Waals surface area contributed by atoms with E-state index in [9.17, 15) is 0 Å². The van der Waals surface area contributed by atoms with Crippen LogP contribution in [0.3, 0.4) is 0 Å². The smallest absolute Gasteiger partial charge is 0.179 e. The average molecular weight is 1680 g/mol. The molecular formula is C120H81N9Si. The lowest BCUT2D eigenvalue weighted by Gasteiger charge is -2.34. The number of para-hydroxylation sites is 13. The molecule has 0 spiro atoms. The van der Waals surface area contributed by atoms with E-state index in [1.807, 2.05) is 6.07 Å². The van der Waals surface area contributed by atoms with Crippen molar-refractivity contribution in [1.29, 1.82) is 0 Å². The summed E-state index contributed by atoms with van der Waals surface area (Å²) in [6.45, 7) is 0. The molecule has 0 aliphatic carbocycles. The summed E-state index contributed by atoms with van der Waals surface area (Å²) in [5, 5.41) is 20.6. The second-order valence-electron chi connectivity index (χ2n) is 33.5. The van der Waals surface area contributed by atoms with E-state index in [1.165, 1.54) is 158 Å². The Morgan fingerprint density at radius 2 is 0.400 bits per heavy atom. The van der Waals surface area contributed by atoms with Gasteiger partial charge in [-0.05, 0) is 178 Å². The Morgan fingerprint density at radius 1 is 0.146 bits per heavy atom. The fourth-order valence-electron chi connectivity index (χ4n) is 20.9. The Morgan fingerprint density at radius 3 is 0.777 bits per heavy atom. The monoisotopic (exact) mass is 1680 g/mol. The summed E-state index contributed by atoms with van der Waals surface area (Å²) in [6.07, 6.45) is 0. The average Bonchev–Trinajstić information content (AvgIpc) is 1.28. The molecule has 8 aromatic heterocycles.